The third kappa shape index (κ3) is 4.85. The SMILES string of the molecule is Cc1cccc(N2CCN(C(=O)c3cc(C)nc(NCC4CCCO4)n3)CC2)c1. The second-order valence-corrected chi connectivity index (χ2v) is 7.85. The molecule has 3 heterocycles. The van der Waals surface area contributed by atoms with E-state index < -0.39 is 0 Å². The molecular weight excluding hydrogens is 366 g/mol. The molecule has 0 saturated carbocycles. The van der Waals surface area contributed by atoms with E-state index in [2.05, 4.69) is 51.4 Å². The zero-order chi connectivity index (χ0) is 20.2. The molecule has 1 atom stereocenters. The van der Waals surface area contributed by atoms with Crippen molar-refractivity contribution in [2.24, 2.45) is 0 Å². The zero-order valence-corrected chi connectivity index (χ0v) is 17.2. The first-order valence-corrected chi connectivity index (χ1v) is 10.4. The van der Waals surface area contributed by atoms with Gasteiger partial charge in [0.25, 0.3) is 5.91 Å². The van der Waals surface area contributed by atoms with Gasteiger partial charge in [-0.05, 0) is 50.5 Å². The molecule has 4 rings (SSSR count). The number of rotatable bonds is 5. The van der Waals surface area contributed by atoms with E-state index in [0.29, 0.717) is 31.3 Å². The number of piperazine rings is 1. The summed E-state index contributed by atoms with van der Waals surface area (Å²) in [5, 5.41) is 3.23. The van der Waals surface area contributed by atoms with Gasteiger partial charge in [0.15, 0.2) is 0 Å². The molecule has 0 radical (unpaired) electrons. The minimum atomic E-state index is -0.0282. The Kier molecular flexibility index (Phi) is 5.94. The maximum atomic E-state index is 13.0. The van der Waals surface area contributed by atoms with Crippen LogP contribution in [-0.4, -0.2) is 66.2 Å². The van der Waals surface area contributed by atoms with Crippen LogP contribution in [0.1, 0.15) is 34.6 Å². The summed E-state index contributed by atoms with van der Waals surface area (Å²) < 4.78 is 5.63. The van der Waals surface area contributed by atoms with Crippen molar-refractivity contribution in [2.75, 3.05) is 49.5 Å². The van der Waals surface area contributed by atoms with E-state index >= 15 is 0 Å². The number of benzene rings is 1. The average molecular weight is 396 g/mol. The van der Waals surface area contributed by atoms with Gasteiger partial charge in [-0.25, -0.2) is 9.97 Å². The normalized spacial score (nSPS) is 19.4. The first-order chi connectivity index (χ1) is 14.1. The summed E-state index contributed by atoms with van der Waals surface area (Å²) in [5.41, 5.74) is 3.71. The molecule has 2 aliphatic heterocycles. The molecule has 1 N–H and O–H groups in total. The molecule has 2 fully saturated rings. The maximum Gasteiger partial charge on any atom is 0.272 e. The van der Waals surface area contributed by atoms with Crippen LogP contribution in [0, 0.1) is 13.8 Å². The van der Waals surface area contributed by atoms with Crippen molar-refractivity contribution in [1.29, 1.82) is 0 Å². The minimum absolute atomic E-state index is 0.0282. The van der Waals surface area contributed by atoms with Crippen LogP contribution in [0.3, 0.4) is 0 Å². The highest BCUT2D eigenvalue weighted by atomic mass is 16.5. The minimum Gasteiger partial charge on any atom is -0.376 e. The molecule has 2 aliphatic rings. The molecule has 0 aliphatic carbocycles. The van der Waals surface area contributed by atoms with Gasteiger partial charge in [-0.1, -0.05) is 12.1 Å². The third-order valence-electron chi connectivity index (χ3n) is 5.52. The Bertz CT molecular complexity index is 858. The monoisotopic (exact) mass is 395 g/mol. The smallest absolute Gasteiger partial charge is 0.272 e. The molecule has 1 aromatic heterocycles. The number of ether oxygens (including phenoxy) is 1. The number of aromatic nitrogens is 2. The van der Waals surface area contributed by atoms with E-state index in [0.717, 1.165) is 38.2 Å². The van der Waals surface area contributed by atoms with Gasteiger partial charge in [-0.15, -0.1) is 0 Å². The number of anilines is 2. The topological polar surface area (TPSA) is 70.6 Å². The fourth-order valence-corrected chi connectivity index (χ4v) is 3.92. The van der Waals surface area contributed by atoms with Gasteiger partial charge in [0.2, 0.25) is 5.95 Å². The Labute approximate surface area is 172 Å². The molecule has 1 aromatic carbocycles. The van der Waals surface area contributed by atoms with E-state index in [-0.39, 0.29) is 12.0 Å². The Morgan fingerprint density at radius 3 is 2.72 bits per heavy atom. The first kappa shape index (κ1) is 19.6. The molecule has 0 spiro atoms. The molecule has 1 amide bonds. The lowest BCUT2D eigenvalue weighted by Gasteiger charge is -2.36. The Balaban J connectivity index is 1.38. The van der Waals surface area contributed by atoms with Crippen LogP contribution in [0.2, 0.25) is 0 Å². The van der Waals surface area contributed by atoms with Crippen molar-refractivity contribution in [2.45, 2.75) is 32.8 Å². The standard InChI is InChI=1S/C22H29N5O2/c1-16-5-3-6-18(13-16)26-8-10-27(11-9-26)21(28)20-14-17(2)24-22(25-20)23-15-19-7-4-12-29-19/h3,5-6,13-14,19H,4,7-12,15H2,1-2H3,(H,23,24,25). The summed E-state index contributed by atoms with van der Waals surface area (Å²) in [6, 6.07) is 10.3. The summed E-state index contributed by atoms with van der Waals surface area (Å²) in [6.45, 7) is 8.51. The Morgan fingerprint density at radius 2 is 2.00 bits per heavy atom. The first-order valence-electron chi connectivity index (χ1n) is 10.4. The average Bonchev–Trinajstić information content (AvgIpc) is 3.25. The van der Waals surface area contributed by atoms with E-state index in [9.17, 15) is 4.79 Å². The lowest BCUT2D eigenvalue weighted by atomic mass is 10.2. The molecular formula is C22H29N5O2. The third-order valence-corrected chi connectivity index (χ3v) is 5.52. The van der Waals surface area contributed by atoms with Gasteiger partial charge >= 0.3 is 0 Å². The summed E-state index contributed by atoms with van der Waals surface area (Å²) in [7, 11) is 0. The van der Waals surface area contributed by atoms with Gasteiger partial charge < -0.3 is 19.9 Å². The number of carbonyl (C=O) groups excluding carboxylic acids is 1. The molecule has 154 valence electrons. The van der Waals surface area contributed by atoms with Gasteiger partial charge in [0.1, 0.15) is 5.69 Å². The lowest BCUT2D eigenvalue weighted by Crippen LogP contribution is -2.49. The molecule has 29 heavy (non-hydrogen) atoms. The maximum absolute atomic E-state index is 13.0. The van der Waals surface area contributed by atoms with Gasteiger partial charge in [0, 0.05) is 50.7 Å². The van der Waals surface area contributed by atoms with Gasteiger partial charge in [-0.3, -0.25) is 4.79 Å². The van der Waals surface area contributed by atoms with E-state index in [1.165, 1.54) is 11.3 Å². The second kappa shape index (κ2) is 8.78. The highest BCUT2D eigenvalue weighted by Gasteiger charge is 2.24. The fraction of sp³-hybridized carbons (Fsp3) is 0.500. The molecule has 0 bridgehead atoms. The summed E-state index contributed by atoms with van der Waals surface area (Å²) in [6.07, 6.45) is 2.35. The quantitative estimate of drug-likeness (QED) is 0.839. The van der Waals surface area contributed by atoms with Crippen LogP contribution >= 0.6 is 0 Å². The molecule has 2 aromatic rings. The number of nitrogens with zero attached hydrogens (tertiary/aromatic N) is 4. The fourth-order valence-electron chi connectivity index (χ4n) is 3.92. The summed E-state index contributed by atoms with van der Waals surface area (Å²) in [4.78, 5) is 26.1. The van der Waals surface area contributed by atoms with E-state index in [4.69, 9.17) is 4.74 Å². The summed E-state index contributed by atoms with van der Waals surface area (Å²) >= 11 is 0. The molecule has 7 nitrogen and oxygen atoms in total. The van der Waals surface area contributed by atoms with Crippen LogP contribution in [0.4, 0.5) is 11.6 Å². The predicted octanol–water partition coefficient (Wildman–Crippen LogP) is 2.65. The predicted molar refractivity (Wildman–Crippen MR) is 114 cm³/mol. The molecule has 7 heteroatoms. The van der Waals surface area contributed by atoms with Crippen LogP contribution in [-0.2, 0) is 4.74 Å². The number of aryl methyl sites for hydroxylation is 2. The van der Waals surface area contributed by atoms with E-state index in [1.807, 2.05) is 11.8 Å². The Morgan fingerprint density at radius 1 is 1.17 bits per heavy atom. The van der Waals surface area contributed by atoms with Crippen LogP contribution < -0.4 is 10.2 Å². The van der Waals surface area contributed by atoms with E-state index in [1.54, 1.807) is 6.07 Å². The van der Waals surface area contributed by atoms with Gasteiger partial charge in [-0.2, -0.15) is 0 Å². The van der Waals surface area contributed by atoms with Crippen molar-refractivity contribution in [1.82, 2.24) is 14.9 Å². The van der Waals surface area contributed by atoms with Gasteiger partial charge in [0.05, 0.1) is 6.10 Å². The number of hydrogen-bond acceptors (Lipinski definition) is 6. The second-order valence-electron chi connectivity index (χ2n) is 7.85. The lowest BCUT2D eigenvalue weighted by molar-refractivity contribution is 0.0740. The number of amides is 1. The molecule has 1 unspecified atom stereocenters. The van der Waals surface area contributed by atoms with Crippen molar-refractivity contribution < 1.29 is 9.53 Å². The number of carbonyl (C=O) groups is 1. The van der Waals surface area contributed by atoms with Crippen molar-refractivity contribution in [3.05, 3.63) is 47.3 Å². The Hall–Kier alpha value is -2.67. The number of nitrogens with one attached hydrogen (secondary N) is 1. The van der Waals surface area contributed by atoms with Crippen molar-refractivity contribution >= 4 is 17.5 Å². The highest BCUT2D eigenvalue weighted by molar-refractivity contribution is 5.92. The van der Waals surface area contributed by atoms with Crippen LogP contribution in [0.5, 0.6) is 0 Å². The van der Waals surface area contributed by atoms with Crippen LogP contribution in [0.15, 0.2) is 30.3 Å². The summed E-state index contributed by atoms with van der Waals surface area (Å²) in [5.74, 6) is 0.474. The number of hydrogen-bond donors (Lipinski definition) is 1. The highest BCUT2D eigenvalue weighted by Crippen LogP contribution is 2.19. The molecule has 2 saturated heterocycles. The zero-order valence-electron chi connectivity index (χ0n) is 17.2. The van der Waals surface area contributed by atoms with Crippen molar-refractivity contribution in [3.8, 4) is 0 Å². The van der Waals surface area contributed by atoms with Crippen molar-refractivity contribution in [3.63, 3.8) is 0 Å². The van der Waals surface area contributed by atoms with Crippen LogP contribution in [0.25, 0.3) is 0 Å². The largest absolute Gasteiger partial charge is 0.376 e.